The Hall–Kier alpha value is -2.71. The first-order valence-corrected chi connectivity index (χ1v) is 14.5. The zero-order valence-corrected chi connectivity index (χ0v) is 22.7. The number of rotatable bonds is 5. The van der Waals surface area contributed by atoms with Crippen molar-refractivity contribution in [2.45, 2.75) is 63.2 Å². The third-order valence-electron chi connectivity index (χ3n) is 7.20. The summed E-state index contributed by atoms with van der Waals surface area (Å²) in [7, 11) is -4.02. The van der Waals surface area contributed by atoms with Crippen molar-refractivity contribution < 1.29 is 22.2 Å². The molecule has 0 saturated carbocycles. The van der Waals surface area contributed by atoms with Gasteiger partial charge in [-0.25, -0.2) is 0 Å². The summed E-state index contributed by atoms with van der Waals surface area (Å²) < 4.78 is 31.6. The number of carbonyl (C=O) groups is 2. The summed E-state index contributed by atoms with van der Waals surface area (Å²) in [5, 5.41) is 0. The summed E-state index contributed by atoms with van der Waals surface area (Å²) in [5.41, 5.74) is 5.22. The van der Waals surface area contributed by atoms with E-state index in [2.05, 4.69) is 27.8 Å². The molecule has 0 amide bonds. The van der Waals surface area contributed by atoms with E-state index in [9.17, 15) is 18.0 Å². The molecule has 0 atom stereocenters. The largest absolute Gasteiger partial charge is 0.378 e. The third kappa shape index (κ3) is 4.34. The van der Waals surface area contributed by atoms with Crippen LogP contribution in [0.15, 0.2) is 74.4 Å². The van der Waals surface area contributed by atoms with Gasteiger partial charge in [0.15, 0.2) is 17.3 Å². The highest BCUT2D eigenvalue weighted by molar-refractivity contribution is 9.10. The van der Waals surface area contributed by atoms with Crippen molar-refractivity contribution in [3.63, 3.8) is 0 Å². The minimum Gasteiger partial charge on any atom is -0.378 e. The van der Waals surface area contributed by atoms with Crippen molar-refractivity contribution in [3.8, 4) is 5.75 Å². The van der Waals surface area contributed by atoms with Crippen LogP contribution < -0.4 is 4.18 Å². The van der Waals surface area contributed by atoms with Gasteiger partial charge in [-0.15, -0.1) is 0 Å². The zero-order chi connectivity index (χ0) is 25.6. The van der Waals surface area contributed by atoms with E-state index < -0.39 is 16.0 Å². The van der Waals surface area contributed by atoms with E-state index in [1.807, 2.05) is 6.92 Å². The van der Waals surface area contributed by atoms with E-state index in [0.717, 1.165) is 54.7 Å². The number of halogens is 1. The Morgan fingerprint density at radius 2 is 1.50 bits per heavy atom. The molecule has 0 radical (unpaired) electrons. The van der Waals surface area contributed by atoms with E-state index in [1.54, 1.807) is 30.3 Å². The molecule has 3 aliphatic rings. The summed E-state index contributed by atoms with van der Waals surface area (Å²) in [5.74, 6) is -0.123. The molecule has 36 heavy (non-hydrogen) atoms. The molecule has 188 valence electrons. The lowest BCUT2D eigenvalue weighted by atomic mass is 9.71. The first kappa shape index (κ1) is 25.0. The lowest BCUT2D eigenvalue weighted by molar-refractivity contribution is -0.117. The fourth-order valence-corrected chi connectivity index (χ4v) is 7.10. The Morgan fingerprint density at radius 1 is 0.917 bits per heavy atom. The normalized spacial score (nSPS) is 18.9. The second-order valence-corrected chi connectivity index (χ2v) is 11.9. The van der Waals surface area contributed by atoms with Gasteiger partial charge >= 0.3 is 10.1 Å². The van der Waals surface area contributed by atoms with Crippen LogP contribution in [0.5, 0.6) is 5.75 Å². The summed E-state index contributed by atoms with van der Waals surface area (Å²) in [6.45, 7) is 4.66. The summed E-state index contributed by atoms with van der Waals surface area (Å²) in [6.07, 6.45) is 4.19. The fourth-order valence-electron chi connectivity index (χ4n) is 5.57. The number of aryl methyl sites for hydroxylation is 1. The van der Waals surface area contributed by atoms with Crippen molar-refractivity contribution in [2.75, 3.05) is 6.54 Å². The van der Waals surface area contributed by atoms with Gasteiger partial charge in [-0.1, -0.05) is 23.8 Å². The standard InChI is InChI=1S/C28H28BrNO5S/c1-3-30-21-6-4-8-23(31)27(21)26(28-22(30)7-5-9-24(28)32)18-12-15-25(20(29)16-18)35-36(33,34)19-13-10-17(2)11-14-19/h10-16,26H,3-9H2,1-2H3. The highest BCUT2D eigenvalue weighted by atomic mass is 79.9. The van der Waals surface area contributed by atoms with E-state index >= 15 is 0 Å². The average Bonchev–Trinajstić information content (AvgIpc) is 2.84. The summed E-state index contributed by atoms with van der Waals surface area (Å²) in [4.78, 5) is 28.7. The number of ketones is 2. The van der Waals surface area contributed by atoms with Crippen molar-refractivity contribution in [3.05, 3.63) is 80.6 Å². The smallest absolute Gasteiger partial charge is 0.339 e. The third-order valence-corrected chi connectivity index (χ3v) is 9.07. The van der Waals surface area contributed by atoms with Crippen molar-refractivity contribution in [1.29, 1.82) is 0 Å². The molecule has 0 bridgehead atoms. The van der Waals surface area contributed by atoms with E-state index in [-0.39, 0.29) is 22.2 Å². The quantitative estimate of drug-likeness (QED) is 0.413. The SMILES string of the molecule is CCN1C2=C(C(=O)CCC2)C(c2ccc(OS(=O)(=O)c3ccc(C)cc3)c(Br)c2)C2=C1CCCC2=O. The summed E-state index contributed by atoms with van der Waals surface area (Å²) >= 11 is 3.48. The highest BCUT2D eigenvalue weighted by Gasteiger charge is 2.43. The van der Waals surface area contributed by atoms with E-state index in [4.69, 9.17) is 4.18 Å². The maximum absolute atomic E-state index is 13.2. The molecule has 2 aromatic carbocycles. The van der Waals surface area contributed by atoms with E-state index in [1.165, 1.54) is 12.1 Å². The molecule has 0 fully saturated rings. The number of hydrogen-bond acceptors (Lipinski definition) is 6. The van der Waals surface area contributed by atoms with Gasteiger partial charge in [-0.05, 0) is 85.3 Å². The fraction of sp³-hybridized carbons (Fsp3) is 0.357. The van der Waals surface area contributed by atoms with Gasteiger partial charge < -0.3 is 9.08 Å². The minimum absolute atomic E-state index is 0.0706. The van der Waals surface area contributed by atoms with Crippen molar-refractivity contribution in [1.82, 2.24) is 4.90 Å². The van der Waals surface area contributed by atoms with Crippen LogP contribution in [0.2, 0.25) is 0 Å². The molecule has 2 aliphatic carbocycles. The van der Waals surface area contributed by atoms with Crippen LogP contribution in [0.3, 0.4) is 0 Å². The first-order chi connectivity index (χ1) is 17.2. The number of Topliss-reactive ketones (excluding diaryl/α,β-unsaturated/α-hetero) is 2. The highest BCUT2D eigenvalue weighted by Crippen LogP contribution is 2.49. The van der Waals surface area contributed by atoms with Gasteiger partial charge in [0.2, 0.25) is 0 Å². The molecule has 6 nitrogen and oxygen atoms in total. The predicted octanol–water partition coefficient (Wildman–Crippen LogP) is 5.96. The Morgan fingerprint density at radius 3 is 2.03 bits per heavy atom. The molecule has 0 aromatic heterocycles. The second-order valence-electron chi connectivity index (χ2n) is 9.49. The second kappa shape index (κ2) is 9.63. The Bertz CT molecular complexity index is 1380. The van der Waals surface area contributed by atoms with Crippen LogP contribution in [-0.2, 0) is 19.7 Å². The van der Waals surface area contributed by atoms with Crippen LogP contribution >= 0.6 is 15.9 Å². The van der Waals surface area contributed by atoms with Crippen LogP contribution in [0.25, 0.3) is 0 Å². The van der Waals surface area contributed by atoms with Gasteiger partial charge in [0.25, 0.3) is 0 Å². The molecule has 0 unspecified atom stereocenters. The first-order valence-electron chi connectivity index (χ1n) is 12.3. The maximum Gasteiger partial charge on any atom is 0.339 e. The van der Waals surface area contributed by atoms with Gasteiger partial charge in [-0.3, -0.25) is 9.59 Å². The Kier molecular flexibility index (Phi) is 6.68. The number of hydrogen-bond donors (Lipinski definition) is 0. The molecule has 2 aromatic rings. The molecule has 8 heteroatoms. The Labute approximate surface area is 220 Å². The predicted molar refractivity (Wildman–Crippen MR) is 140 cm³/mol. The summed E-state index contributed by atoms with van der Waals surface area (Å²) in [6, 6.07) is 11.6. The molecular formula is C28H28BrNO5S. The average molecular weight is 571 g/mol. The van der Waals surface area contributed by atoms with Gasteiger partial charge in [0, 0.05) is 47.8 Å². The molecule has 0 spiro atoms. The molecule has 0 saturated heterocycles. The topological polar surface area (TPSA) is 80.8 Å². The van der Waals surface area contributed by atoms with Crippen molar-refractivity contribution in [2.24, 2.45) is 0 Å². The number of nitrogens with zero attached hydrogens (tertiary/aromatic N) is 1. The van der Waals surface area contributed by atoms with Crippen LogP contribution in [0.1, 0.15) is 62.5 Å². The maximum atomic E-state index is 13.2. The van der Waals surface area contributed by atoms with Crippen LogP contribution in [-0.4, -0.2) is 31.4 Å². The Balaban J connectivity index is 1.57. The van der Waals surface area contributed by atoms with Crippen molar-refractivity contribution >= 4 is 37.6 Å². The number of allylic oxidation sites excluding steroid dienone is 4. The van der Waals surface area contributed by atoms with Gasteiger partial charge in [0.1, 0.15) is 4.90 Å². The molecule has 0 N–H and O–H groups in total. The number of benzene rings is 2. The monoisotopic (exact) mass is 569 g/mol. The zero-order valence-electron chi connectivity index (χ0n) is 20.3. The molecule has 1 heterocycles. The van der Waals surface area contributed by atoms with Crippen LogP contribution in [0, 0.1) is 6.92 Å². The molecular weight excluding hydrogens is 542 g/mol. The van der Waals surface area contributed by atoms with Gasteiger partial charge in [-0.2, -0.15) is 8.42 Å². The van der Waals surface area contributed by atoms with E-state index in [0.29, 0.717) is 28.5 Å². The lowest BCUT2D eigenvalue weighted by Gasteiger charge is -2.43. The van der Waals surface area contributed by atoms with Crippen LogP contribution in [0.4, 0.5) is 0 Å². The molecule has 5 rings (SSSR count). The number of carbonyl (C=O) groups excluding carboxylic acids is 2. The lowest BCUT2D eigenvalue weighted by Crippen LogP contribution is -2.39. The minimum atomic E-state index is -4.02. The van der Waals surface area contributed by atoms with Gasteiger partial charge in [0.05, 0.1) is 4.47 Å². The molecule has 1 aliphatic heterocycles.